The minimum atomic E-state index is 0.321. The summed E-state index contributed by atoms with van der Waals surface area (Å²) in [6.45, 7) is 6.35. The summed E-state index contributed by atoms with van der Waals surface area (Å²) in [6, 6.07) is 16.6. The van der Waals surface area contributed by atoms with E-state index in [9.17, 15) is 5.11 Å². The molecule has 0 aliphatic carbocycles. The van der Waals surface area contributed by atoms with E-state index in [1.165, 1.54) is 16.7 Å². The van der Waals surface area contributed by atoms with Crippen molar-refractivity contribution in [3.8, 4) is 5.75 Å². The van der Waals surface area contributed by atoms with E-state index < -0.39 is 0 Å². The van der Waals surface area contributed by atoms with Crippen molar-refractivity contribution in [1.82, 2.24) is 15.5 Å². The summed E-state index contributed by atoms with van der Waals surface area (Å²) in [4.78, 5) is 6.93. The number of aromatic hydroxyl groups is 1. The number of phenolic OH excluding ortho intramolecular Hbond substituents is 1. The number of guanidine groups is 1. The number of piperidine rings is 1. The Hall–Kier alpha value is -2.53. The van der Waals surface area contributed by atoms with Gasteiger partial charge in [-0.25, -0.2) is 0 Å². The molecule has 0 aromatic heterocycles. The molecule has 5 nitrogen and oxygen atoms in total. The van der Waals surface area contributed by atoms with Crippen molar-refractivity contribution < 1.29 is 5.11 Å². The zero-order chi connectivity index (χ0) is 20.5. The van der Waals surface area contributed by atoms with Gasteiger partial charge in [-0.3, -0.25) is 9.89 Å². The van der Waals surface area contributed by atoms with E-state index in [2.05, 4.69) is 51.7 Å². The number of phenols is 1. The van der Waals surface area contributed by atoms with Gasteiger partial charge >= 0.3 is 0 Å². The van der Waals surface area contributed by atoms with Gasteiger partial charge in [-0.15, -0.1) is 0 Å². The van der Waals surface area contributed by atoms with Crippen molar-refractivity contribution in [3.05, 3.63) is 65.2 Å². The first-order valence-electron chi connectivity index (χ1n) is 10.7. The summed E-state index contributed by atoms with van der Waals surface area (Å²) >= 11 is 0. The molecule has 2 aromatic rings. The summed E-state index contributed by atoms with van der Waals surface area (Å²) in [5.74, 6) is 1.22. The molecule has 1 aliphatic heterocycles. The molecule has 5 heteroatoms. The lowest BCUT2D eigenvalue weighted by Crippen LogP contribution is -2.48. The quantitative estimate of drug-likeness (QED) is 0.382. The van der Waals surface area contributed by atoms with E-state index in [4.69, 9.17) is 0 Å². The molecule has 3 N–H and O–H groups in total. The summed E-state index contributed by atoms with van der Waals surface area (Å²) < 4.78 is 0. The minimum Gasteiger partial charge on any atom is -0.508 e. The second-order valence-corrected chi connectivity index (χ2v) is 7.89. The Morgan fingerprint density at radius 3 is 2.52 bits per heavy atom. The normalized spacial score (nSPS) is 16.0. The van der Waals surface area contributed by atoms with Crippen LogP contribution in [-0.2, 0) is 13.0 Å². The van der Waals surface area contributed by atoms with Crippen LogP contribution in [-0.4, -0.2) is 48.7 Å². The van der Waals surface area contributed by atoms with Crippen LogP contribution in [0, 0.1) is 6.92 Å². The van der Waals surface area contributed by atoms with E-state index in [1.54, 1.807) is 12.1 Å². The molecule has 1 aliphatic rings. The topological polar surface area (TPSA) is 59.9 Å². The van der Waals surface area contributed by atoms with Gasteiger partial charge in [-0.1, -0.05) is 36.4 Å². The summed E-state index contributed by atoms with van der Waals surface area (Å²) in [5.41, 5.74) is 4.06. The molecule has 1 heterocycles. The fourth-order valence-corrected chi connectivity index (χ4v) is 3.81. The Balaban J connectivity index is 1.35. The third-order valence-electron chi connectivity index (χ3n) is 5.68. The van der Waals surface area contributed by atoms with Crippen molar-refractivity contribution in [2.45, 2.75) is 45.2 Å². The number of hydrogen-bond acceptors (Lipinski definition) is 3. The predicted molar refractivity (Wildman–Crippen MR) is 120 cm³/mol. The van der Waals surface area contributed by atoms with Crippen LogP contribution in [0.3, 0.4) is 0 Å². The number of aliphatic imine (C=N–C) groups is 1. The Labute approximate surface area is 174 Å². The first-order valence-corrected chi connectivity index (χ1v) is 10.7. The van der Waals surface area contributed by atoms with E-state index >= 15 is 0 Å². The highest BCUT2D eigenvalue weighted by Gasteiger charge is 2.20. The molecule has 0 atom stereocenters. The zero-order valence-electron chi connectivity index (χ0n) is 17.7. The number of nitrogens with one attached hydrogen (secondary N) is 2. The maximum absolute atomic E-state index is 9.35. The van der Waals surface area contributed by atoms with Crippen molar-refractivity contribution >= 4 is 5.96 Å². The van der Waals surface area contributed by atoms with Crippen molar-refractivity contribution in [2.24, 2.45) is 4.99 Å². The van der Waals surface area contributed by atoms with Crippen molar-refractivity contribution in [3.63, 3.8) is 0 Å². The molecule has 0 unspecified atom stereocenters. The first kappa shape index (κ1) is 21.2. The maximum atomic E-state index is 9.35. The summed E-state index contributed by atoms with van der Waals surface area (Å²) in [7, 11) is 1.84. The first-order chi connectivity index (χ1) is 14.1. The number of benzene rings is 2. The van der Waals surface area contributed by atoms with Gasteiger partial charge in [0.15, 0.2) is 5.96 Å². The second kappa shape index (κ2) is 10.9. The van der Waals surface area contributed by atoms with Crippen LogP contribution in [0.15, 0.2) is 53.5 Å². The highest BCUT2D eigenvalue weighted by atomic mass is 16.3. The Bertz CT molecular complexity index is 780. The molecule has 0 radical (unpaired) electrons. The largest absolute Gasteiger partial charge is 0.508 e. The Morgan fingerprint density at radius 1 is 1.10 bits per heavy atom. The number of nitrogens with zero attached hydrogens (tertiary/aromatic N) is 2. The predicted octanol–water partition coefficient (Wildman–Crippen LogP) is 3.46. The fourth-order valence-electron chi connectivity index (χ4n) is 3.81. The lowest BCUT2D eigenvalue weighted by atomic mass is 10.0. The van der Waals surface area contributed by atoms with Gasteiger partial charge in [0.2, 0.25) is 0 Å². The molecule has 156 valence electrons. The average Bonchev–Trinajstić information content (AvgIpc) is 2.74. The van der Waals surface area contributed by atoms with E-state index in [-0.39, 0.29) is 0 Å². The standard InChI is InChI=1S/C24H34N4O/c1-19-6-3-4-8-21(19)18-28-16-13-22(14-17-28)27-24(25-2)26-15-5-7-20-9-11-23(29)12-10-20/h3-4,6,8-12,22,29H,5,7,13-18H2,1-2H3,(H2,25,26,27). The SMILES string of the molecule is CN=C(NCCCc1ccc(O)cc1)NC1CCN(Cc2ccccc2C)CC1. The monoisotopic (exact) mass is 394 g/mol. The van der Waals surface area contributed by atoms with Crippen LogP contribution in [0.5, 0.6) is 5.75 Å². The molecule has 0 amide bonds. The van der Waals surface area contributed by atoms with Crippen LogP contribution in [0.4, 0.5) is 0 Å². The highest BCUT2D eigenvalue weighted by molar-refractivity contribution is 5.79. The molecule has 0 saturated carbocycles. The van der Waals surface area contributed by atoms with Gasteiger partial charge in [-0.2, -0.15) is 0 Å². The molecule has 1 saturated heterocycles. The van der Waals surface area contributed by atoms with Crippen LogP contribution >= 0.6 is 0 Å². The zero-order valence-corrected chi connectivity index (χ0v) is 17.7. The molecule has 2 aromatic carbocycles. The summed E-state index contributed by atoms with van der Waals surface area (Å²) in [6.07, 6.45) is 4.29. The minimum absolute atomic E-state index is 0.321. The van der Waals surface area contributed by atoms with Crippen LogP contribution in [0.25, 0.3) is 0 Å². The Morgan fingerprint density at radius 2 is 1.83 bits per heavy atom. The smallest absolute Gasteiger partial charge is 0.191 e. The van der Waals surface area contributed by atoms with Gasteiger partial charge < -0.3 is 15.7 Å². The molecular formula is C24H34N4O. The van der Waals surface area contributed by atoms with Gasteiger partial charge in [0.25, 0.3) is 0 Å². The molecule has 0 spiro atoms. The molecule has 0 bridgehead atoms. The van der Waals surface area contributed by atoms with Crippen LogP contribution in [0.1, 0.15) is 36.0 Å². The van der Waals surface area contributed by atoms with E-state index in [0.29, 0.717) is 11.8 Å². The van der Waals surface area contributed by atoms with Crippen LogP contribution < -0.4 is 10.6 Å². The Kier molecular flexibility index (Phi) is 7.94. The number of rotatable bonds is 7. The highest BCUT2D eigenvalue weighted by Crippen LogP contribution is 2.16. The molecule has 3 rings (SSSR count). The van der Waals surface area contributed by atoms with Gasteiger partial charge in [-0.05, 0) is 61.4 Å². The second-order valence-electron chi connectivity index (χ2n) is 7.89. The third-order valence-corrected chi connectivity index (χ3v) is 5.68. The molecule has 29 heavy (non-hydrogen) atoms. The number of hydrogen-bond donors (Lipinski definition) is 3. The van der Waals surface area contributed by atoms with E-state index in [0.717, 1.165) is 57.8 Å². The summed E-state index contributed by atoms with van der Waals surface area (Å²) in [5, 5.41) is 16.4. The van der Waals surface area contributed by atoms with Crippen LogP contribution in [0.2, 0.25) is 0 Å². The lowest BCUT2D eigenvalue weighted by molar-refractivity contribution is 0.198. The average molecular weight is 395 g/mol. The van der Waals surface area contributed by atoms with Crippen molar-refractivity contribution in [1.29, 1.82) is 0 Å². The number of aryl methyl sites for hydroxylation is 2. The number of likely N-dealkylation sites (tertiary alicyclic amines) is 1. The van der Waals surface area contributed by atoms with Gasteiger partial charge in [0, 0.05) is 39.3 Å². The molecule has 1 fully saturated rings. The maximum Gasteiger partial charge on any atom is 0.191 e. The molecular weight excluding hydrogens is 360 g/mol. The van der Waals surface area contributed by atoms with Crippen molar-refractivity contribution in [2.75, 3.05) is 26.7 Å². The van der Waals surface area contributed by atoms with Gasteiger partial charge in [0.1, 0.15) is 5.75 Å². The fraction of sp³-hybridized carbons (Fsp3) is 0.458. The van der Waals surface area contributed by atoms with E-state index in [1.807, 2.05) is 19.2 Å². The van der Waals surface area contributed by atoms with Gasteiger partial charge in [0.05, 0.1) is 0 Å². The third kappa shape index (κ3) is 6.79. The lowest BCUT2D eigenvalue weighted by Gasteiger charge is -2.33.